The number of hydrogen-bond donors (Lipinski definition) is 1. The molecule has 2 heterocycles. The molecule has 2 atom stereocenters. The molecule has 32 heavy (non-hydrogen) atoms. The number of aliphatic hydroxyl groups is 1. The molecule has 176 valence electrons. The van der Waals surface area contributed by atoms with Gasteiger partial charge in [-0.1, -0.05) is 76.1 Å². The van der Waals surface area contributed by atoms with Crippen LogP contribution in [0.5, 0.6) is 0 Å². The number of piperidine rings is 1. The lowest BCUT2D eigenvalue weighted by Gasteiger charge is -2.53. The number of carbonyl (C=O) groups excluding carboxylic acids is 1. The number of fused-ring (bicyclic) bond motifs is 1. The number of likely N-dealkylation sites (tertiary alicyclic amines) is 1. The van der Waals surface area contributed by atoms with Gasteiger partial charge in [0, 0.05) is 44.1 Å². The Bertz CT molecular complexity index is 786. The number of rotatable bonds is 5. The molecule has 4 aliphatic rings. The van der Waals surface area contributed by atoms with Crippen LogP contribution in [0, 0.1) is 17.3 Å². The topological polar surface area (TPSA) is 43.8 Å². The molecule has 1 spiro atoms. The summed E-state index contributed by atoms with van der Waals surface area (Å²) in [6.07, 6.45) is 12.9. The lowest BCUT2D eigenvalue weighted by molar-refractivity contribution is -0.165. The SMILES string of the molecule is C[C@H](CC1CCCCC1)C(=O)N1CCC(O)(CN2Cc3ccccc3C2)C2(CCCC2)C1. The Hall–Kier alpha value is -1.39. The van der Waals surface area contributed by atoms with E-state index < -0.39 is 5.60 Å². The van der Waals surface area contributed by atoms with Crippen molar-refractivity contribution in [3.63, 3.8) is 0 Å². The third kappa shape index (κ3) is 4.25. The van der Waals surface area contributed by atoms with E-state index in [-0.39, 0.29) is 11.3 Å². The maximum atomic E-state index is 13.5. The fraction of sp³-hybridized carbons (Fsp3) is 0.750. The summed E-state index contributed by atoms with van der Waals surface area (Å²) in [4.78, 5) is 18.0. The lowest BCUT2D eigenvalue weighted by Crippen LogP contribution is -2.64. The first-order chi connectivity index (χ1) is 15.5. The van der Waals surface area contributed by atoms with Crippen LogP contribution < -0.4 is 0 Å². The second-order valence-corrected chi connectivity index (χ2v) is 11.6. The van der Waals surface area contributed by atoms with Crippen LogP contribution >= 0.6 is 0 Å². The highest BCUT2D eigenvalue weighted by molar-refractivity contribution is 5.78. The molecule has 0 bridgehead atoms. The summed E-state index contributed by atoms with van der Waals surface area (Å²) in [5.41, 5.74) is 2.00. The number of nitrogens with zero attached hydrogens (tertiary/aromatic N) is 2. The van der Waals surface area contributed by atoms with Crippen LogP contribution in [0.25, 0.3) is 0 Å². The third-order valence-corrected chi connectivity index (χ3v) is 9.37. The normalized spacial score (nSPS) is 29.4. The summed E-state index contributed by atoms with van der Waals surface area (Å²) in [7, 11) is 0. The number of benzene rings is 1. The minimum absolute atomic E-state index is 0.121. The molecule has 1 aromatic carbocycles. The van der Waals surface area contributed by atoms with Gasteiger partial charge in [0.05, 0.1) is 5.60 Å². The summed E-state index contributed by atoms with van der Waals surface area (Å²) < 4.78 is 0. The van der Waals surface area contributed by atoms with Gasteiger partial charge in [-0.15, -0.1) is 0 Å². The third-order valence-electron chi connectivity index (χ3n) is 9.37. The molecule has 4 heteroatoms. The van der Waals surface area contributed by atoms with Crippen molar-refractivity contribution in [2.24, 2.45) is 17.3 Å². The maximum absolute atomic E-state index is 13.5. The van der Waals surface area contributed by atoms with Crippen LogP contribution in [0.2, 0.25) is 0 Å². The highest BCUT2D eigenvalue weighted by Crippen LogP contribution is 2.52. The van der Waals surface area contributed by atoms with Crippen molar-refractivity contribution in [3.8, 4) is 0 Å². The van der Waals surface area contributed by atoms with E-state index in [1.807, 2.05) is 0 Å². The largest absolute Gasteiger partial charge is 0.388 e. The number of β-amino-alcohol motifs (C(OH)–C–C–N with tert-alkyl or cyclic N) is 1. The summed E-state index contributed by atoms with van der Waals surface area (Å²) in [6.45, 7) is 6.25. The predicted molar refractivity (Wildman–Crippen MR) is 128 cm³/mol. The molecule has 1 amide bonds. The van der Waals surface area contributed by atoms with Crippen molar-refractivity contribution in [1.82, 2.24) is 9.80 Å². The van der Waals surface area contributed by atoms with E-state index in [2.05, 4.69) is 41.0 Å². The molecule has 3 fully saturated rings. The zero-order valence-corrected chi connectivity index (χ0v) is 20.0. The first kappa shape index (κ1) is 22.4. The standard InChI is InChI=1S/C28H42N2O2/c1-22(17-23-9-3-2-4-10-23)26(31)30-16-15-28(32,27(20-30)13-7-8-14-27)21-29-18-24-11-5-6-12-25(24)19-29/h5-6,11-12,22-23,32H,2-4,7-10,13-21H2,1H3/t22-,28?/m1/s1. The van der Waals surface area contributed by atoms with Crippen LogP contribution in [0.15, 0.2) is 24.3 Å². The zero-order valence-electron chi connectivity index (χ0n) is 20.0. The lowest BCUT2D eigenvalue weighted by atomic mass is 9.65. The number of carbonyl (C=O) groups is 1. The van der Waals surface area contributed by atoms with Crippen molar-refractivity contribution in [1.29, 1.82) is 0 Å². The molecule has 0 aromatic heterocycles. The molecule has 1 saturated heterocycles. The van der Waals surface area contributed by atoms with E-state index >= 15 is 0 Å². The number of amides is 1. The average molecular weight is 439 g/mol. The Balaban J connectivity index is 1.25. The van der Waals surface area contributed by atoms with Gasteiger partial charge in [-0.3, -0.25) is 9.69 Å². The highest BCUT2D eigenvalue weighted by atomic mass is 16.3. The van der Waals surface area contributed by atoms with E-state index in [0.29, 0.717) is 12.5 Å². The highest BCUT2D eigenvalue weighted by Gasteiger charge is 2.56. The quantitative estimate of drug-likeness (QED) is 0.693. The molecular formula is C28H42N2O2. The summed E-state index contributed by atoms with van der Waals surface area (Å²) in [6, 6.07) is 8.68. The van der Waals surface area contributed by atoms with Gasteiger partial charge in [0.15, 0.2) is 0 Å². The van der Waals surface area contributed by atoms with E-state index in [9.17, 15) is 9.90 Å². The Labute approximate surface area is 194 Å². The Morgan fingerprint density at radius 3 is 2.34 bits per heavy atom. The first-order valence-electron chi connectivity index (χ1n) is 13.3. The Morgan fingerprint density at radius 1 is 1.03 bits per heavy atom. The van der Waals surface area contributed by atoms with Gasteiger partial charge < -0.3 is 10.0 Å². The average Bonchev–Trinajstić information content (AvgIpc) is 3.43. The smallest absolute Gasteiger partial charge is 0.225 e. The summed E-state index contributed by atoms with van der Waals surface area (Å²) in [5.74, 6) is 1.20. The minimum Gasteiger partial charge on any atom is -0.388 e. The van der Waals surface area contributed by atoms with Crippen molar-refractivity contribution < 1.29 is 9.90 Å². The van der Waals surface area contributed by atoms with E-state index in [1.165, 1.54) is 56.1 Å². The molecule has 4 nitrogen and oxygen atoms in total. The van der Waals surface area contributed by atoms with Crippen LogP contribution in [-0.4, -0.2) is 46.0 Å². The van der Waals surface area contributed by atoms with E-state index in [4.69, 9.17) is 0 Å². The second-order valence-electron chi connectivity index (χ2n) is 11.6. The van der Waals surface area contributed by atoms with Gasteiger partial charge >= 0.3 is 0 Å². The van der Waals surface area contributed by atoms with Crippen LogP contribution in [0.4, 0.5) is 0 Å². The minimum atomic E-state index is -0.686. The molecule has 5 rings (SSSR count). The van der Waals surface area contributed by atoms with Crippen LogP contribution in [0.3, 0.4) is 0 Å². The van der Waals surface area contributed by atoms with Crippen LogP contribution in [0.1, 0.15) is 88.7 Å². The fourth-order valence-electron chi connectivity index (χ4n) is 7.51. The summed E-state index contributed by atoms with van der Waals surface area (Å²) >= 11 is 0. The van der Waals surface area contributed by atoms with Gasteiger partial charge in [0.2, 0.25) is 5.91 Å². The maximum Gasteiger partial charge on any atom is 0.225 e. The molecule has 2 saturated carbocycles. The summed E-state index contributed by atoms with van der Waals surface area (Å²) in [5, 5.41) is 12.1. The van der Waals surface area contributed by atoms with Crippen molar-refractivity contribution >= 4 is 5.91 Å². The monoisotopic (exact) mass is 438 g/mol. The first-order valence-corrected chi connectivity index (χ1v) is 13.3. The molecule has 1 aromatic rings. The molecule has 0 radical (unpaired) electrons. The van der Waals surface area contributed by atoms with E-state index in [0.717, 1.165) is 57.8 Å². The number of hydrogen-bond acceptors (Lipinski definition) is 3. The van der Waals surface area contributed by atoms with Crippen molar-refractivity contribution in [2.75, 3.05) is 19.6 Å². The molecule has 1 unspecified atom stereocenters. The van der Waals surface area contributed by atoms with Gasteiger partial charge in [-0.2, -0.15) is 0 Å². The fourth-order valence-corrected chi connectivity index (χ4v) is 7.51. The molecule has 2 aliphatic carbocycles. The molecule has 2 aliphatic heterocycles. The van der Waals surface area contributed by atoms with Crippen molar-refractivity contribution in [2.45, 2.75) is 96.2 Å². The molecular weight excluding hydrogens is 396 g/mol. The zero-order chi connectivity index (χ0) is 22.2. The van der Waals surface area contributed by atoms with Crippen LogP contribution in [-0.2, 0) is 17.9 Å². The van der Waals surface area contributed by atoms with Gasteiger partial charge in [0.25, 0.3) is 0 Å². The molecule has 1 N–H and O–H groups in total. The second kappa shape index (κ2) is 9.10. The van der Waals surface area contributed by atoms with Crippen molar-refractivity contribution in [3.05, 3.63) is 35.4 Å². The van der Waals surface area contributed by atoms with Gasteiger partial charge in [0.1, 0.15) is 0 Å². The van der Waals surface area contributed by atoms with E-state index in [1.54, 1.807) is 0 Å². The predicted octanol–water partition coefficient (Wildman–Crippen LogP) is 5.13. The Morgan fingerprint density at radius 2 is 1.69 bits per heavy atom. The van der Waals surface area contributed by atoms with Gasteiger partial charge in [-0.05, 0) is 42.7 Å². The van der Waals surface area contributed by atoms with Gasteiger partial charge in [-0.25, -0.2) is 0 Å². The Kier molecular flexibility index (Phi) is 6.37.